The van der Waals surface area contributed by atoms with E-state index in [-0.39, 0.29) is 0 Å². The van der Waals surface area contributed by atoms with Gasteiger partial charge in [0.15, 0.2) is 0 Å². The summed E-state index contributed by atoms with van der Waals surface area (Å²) in [5.74, 6) is 1.03. The molecule has 0 unspecified atom stereocenters. The molecule has 0 saturated heterocycles. The maximum atomic E-state index is 6.36. The van der Waals surface area contributed by atoms with Gasteiger partial charge in [0.1, 0.15) is 0 Å². The Morgan fingerprint density at radius 2 is 1.91 bits per heavy atom. The fraction of sp³-hybridized carbons (Fsp3) is 0.0588. The van der Waals surface area contributed by atoms with Crippen LogP contribution < -0.4 is 0 Å². The van der Waals surface area contributed by atoms with E-state index in [9.17, 15) is 0 Å². The van der Waals surface area contributed by atoms with Crippen molar-refractivity contribution in [1.82, 2.24) is 15.1 Å². The molecule has 0 atom stereocenters. The van der Waals surface area contributed by atoms with Gasteiger partial charge < -0.3 is 9.51 Å². The van der Waals surface area contributed by atoms with Crippen molar-refractivity contribution < 1.29 is 4.52 Å². The van der Waals surface area contributed by atoms with Crippen LogP contribution in [0.25, 0.3) is 33.5 Å². The highest BCUT2D eigenvalue weighted by Crippen LogP contribution is 2.32. The van der Waals surface area contributed by atoms with Crippen LogP contribution in [0.1, 0.15) is 5.89 Å². The number of halogens is 1. The molecule has 4 nitrogen and oxygen atoms in total. The lowest BCUT2D eigenvalue weighted by molar-refractivity contribution is 0.394. The Labute approximate surface area is 131 Å². The lowest BCUT2D eigenvalue weighted by atomic mass is 10.1. The van der Waals surface area contributed by atoms with Crippen molar-refractivity contribution >= 4 is 22.5 Å². The zero-order valence-electron chi connectivity index (χ0n) is 11.8. The second kappa shape index (κ2) is 5.00. The predicted molar refractivity (Wildman–Crippen MR) is 86.8 cm³/mol. The molecular formula is C17H12ClN3O. The molecule has 4 rings (SSSR count). The number of benzene rings is 2. The van der Waals surface area contributed by atoms with E-state index in [4.69, 9.17) is 16.1 Å². The summed E-state index contributed by atoms with van der Waals surface area (Å²) in [6.07, 6.45) is 0. The van der Waals surface area contributed by atoms with E-state index in [1.54, 1.807) is 6.92 Å². The van der Waals surface area contributed by atoms with Crippen molar-refractivity contribution in [2.45, 2.75) is 6.92 Å². The van der Waals surface area contributed by atoms with Gasteiger partial charge in [-0.1, -0.05) is 47.1 Å². The minimum absolute atomic E-state index is 0.506. The Morgan fingerprint density at radius 1 is 1.09 bits per heavy atom. The van der Waals surface area contributed by atoms with E-state index in [0.717, 1.165) is 27.7 Å². The van der Waals surface area contributed by atoms with Gasteiger partial charge in [0, 0.05) is 29.1 Å². The maximum Gasteiger partial charge on any atom is 0.223 e. The number of H-pyrrole nitrogens is 1. The van der Waals surface area contributed by atoms with Crippen molar-refractivity contribution in [2.24, 2.45) is 0 Å². The second-order valence-electron chi connectivity index (χ2n) is 5.11. The number of hydrogen-bond donors (Lipinski definition) is 1. The van der Waals surface area contributed by atoms with Gasteiger partial charge in [-0.2, -0.15) is 4.98 Å². The molecule has 2 heterocycles. The highest BCUT2D eigenvalue weighted by atomic mass is 35.5. The maximum absolute atomic E-state index is 6.36. The molecule has 22 heavy (non-hydrogen) atoms. The quantitative estimate of drug-likeness (QED) is 0.576. The van der Waals surface area contributed by atoms with Crippen LogP contribution in [0.2, 0.25) is 5.02 Å². The molecule has 4 aromatic rings. The Morgan fingerprint density at radius 3 is 2.64 bits per heavy atom. The summed E-state index contributed by atoms with van der Waals surface area (Å²) in [7, 11) is 0. The molecule has 2 aromatic heterocycles. The summed E-state index contributed by atoms with van der Waals surface area (Å²) < 4.78 is 5.03. The molecule has 0 aliphatic carbocycles. The van der Waals surface area contributed by atoms with Crippen LogP contribution in [0, 0.1) is 6.92 Å². The minimum Gasteiger partial charge on any atom is -0.354 e. The van der Waals surface area contributed by atoms with E-state index >= 15 is 0 Å². The van der Waals surface area contributed by atoms with Crippen molar-refractivity contribution in [1.29, 1.82) is 0 Å². The Hall–Kier alpha value is -2.59. The first-order chi connectivity index (χ1) is 10.7. The molecule has 0 amide bonds. The molecule has 0 spiro atoms. The molecule has 5 heteroatoms. The highest BCUT2D eigenvalue weighted by Gasteiger charge is 2.13. The van der Waals surface area contributed by atoms with Gasteiger partial charge in [0.25, 0.3) is 0 Å². The lowest BCUT2D eigenvalue weighted by Gasteiger charge is -1.99. The Balaban J connectivity index is 1.87. The Bertz CT molecular complexity index is 957. The van der Waals surface area contributed by atoms with Gasteiger partial charge in [-0.05, 0) is 23.8 Å². The number of aryl methyl sites for hydroxylation is 1. The first-order valence-electron chi connectivity index (χ1n) is 6.89. The third-order valence-corrected chi connectivity index (χ3v) is 3.87. The van der Waals surface area contributed by atoms with Crippen LogP contribution in [0.3, 0.4) is 0 Å². The zero-order valence-corrected chi connectivity index (χ0v) is 12.6. The summed E-state index contributed by atoms with van der Waals surface area (Å²) in [6.45, 7) is 1.76. The summed E-state index contributed by atoms with van der Waals surface area (Å²) in [4.78, 5) is 7.63. The van der Waals surface area contributed by atoms with Crippen LogP contribution in [0.4, 0.5) is 0 Å². The monoisotopic (exact) mass is 309 g/mol. The fourth-order valence-corrected chi connectivity index (χ4v) is 2.76. The van der Waals surface area contributed by atoms with E-state index in [0.29, 0.717) is 16.7 Å². The van der Waals surface area contributed by atoms with Crippen LogP contribution in [-0.2, 0) is 0 Å². The Kier molecular flexibility index (Phi) is 2.98. The third-order valence-electron chi connectivity index (χ3n) is 3.56. The van der Waals surface area contributed by atoms with Crippen LogP contribution in [0.5, 0.6) is 0 Å². The summed E-state index contributed by atoms with van der Waals surface area (Å²) >= 11 is 6.36. The summed E-state index contributed by atoms with van der Waals surface area (Å²) in [5, 5.41) is 5.59. The number of aromatic nitrogens is 3. The molecule has 0 aliphatic rings. The second-order valence-corrected chi connectivity index (χ2v) is 5.51. The van der Waals surface area contributed by atoms with Crippen molar-refractivity contribution in [3.8, 4) is 22.6 Å². The largest absolute Gasteiger partial charge is 0.354 e. The van der Waals surface area contributed by atoms with Crippen LogP contribution in [-0.4, -0.2) is 15.1 Å². The fourth-order valence-electron chi connectivity index (χ4n) is 2.51. The number of fused-ring (bicyclic) bond motifs is 1. The van der Waals surface area contributed by atoms with E-state index in [2.05, 4.69) is 33.3 Å². The molecule has 0 fully saturated rings. The number of hydrogen-bond acceptors (Lipinski definition) is 3. The zero-order chi connectivity index (χ0) is 15.1. The molecule has 0 saturated carbocycles. The first-order valence-corrected chi connectivity index (χ1v) is 7.27. The molecule has 0 aliphatic heterocycles. The normalized spacial score (nSPS) is 11.2. The molecule has 2 aromatic carbocycles. The summed E-state index contributed by atoms with van der Waals surface area (Å²) in [5.41, 5.74) is 3.93. The van der Waals surface area contributed by atoms with Crippen molar-refractivity contribution in [2.75, 3.05) is 0 Å². The smallest absolute Gasteiger partial charge is 0.223 e. The van der Waals surface area contributed by atoms with Gasteiger partial charge >= 0.3 is 0 Å². The standard InChI is InChI=1S/C17H12ClN3O/c1-10-19-17(21-22-10)13-7-12-8-15(11-5-3-2-4-6-11)20-16(12)9-14(13)18/h2-9,20H,1H3. The van der Waals surface area contributed by atoms with Crippen molar-refractivity contribution in [3.63, 3.8) is 0 Å². The molecule has 0 bridgehead atoms. The van der Waals surface area contributed by atoms with E-state index in [1.807, 2.05) is 30.3 Å². The van der Waals surface area contributed by atoms with Gasteiger partial charge in [-0.25, -0.2) is 0 Å². The van der Waals surface area contributed by atoms with Crippen LogP contribution in [0.15, 0.2) is 53.1 Å². The van der Waals surface area contributed by atoms with Gasteiger partial charge in [0.2, 0.25) is 11.7 Å². The third kappa shape index (κ3) is 2.18. The van der Waals surface area contributed by atoms with Gasteiger partial charge in [-0.3, -0.25) is 0 Å². The highest BCUT2D eigenvalue weighted by molar-refractivity contribution is 6.34. The minimum atomic E-state index is 0.506. The van der Waals surface area contributed by atoms with E-state index in [1.165, 1.54) is 0 Å². The molecule has 1 N–H and O–H groups in total. The summed E-state index contributed by atoms with van der Waals surface area (Å²) in [6, 6.07) is 16.1. The average molecular weight is 310 g/mol. The number of nitrogens with zero attached hydrogens (tertiary/aromatic N) is 2. The van der Waals surface area contributed by atoms with E-state index < -0.39 is 0 Å². The first kappa shape index (κ1) is 13.1. The molecule has 108 valence electrons. The lowest BCUT2D eigenvalue weighted by Crippen LogP contribution is -1.83. The number of rotatable bonds is 2. The van der Waals surface area contributed by atoms with Gasteiger partial charge in [0.05, 0.1) is 5.02 Å². The SMILES string of the molecule is Cc1nc(-c2cc3cc(-c4ccccc4)[nH]c3cc2Cl)no1. The predicted octanol–water partition coefficient (Wildman–Crippen LogP) is 4.85. The average Bonchev–Trinajstić information content (AvgIpc) is 3.13. The molecule has 0 radical (unpaired) electrons. The van der Waals surface area contributed by atoms with Crippen LogP contribution >= 0.6 is 11.6 Å². The van der Waals surface area contributed by atoms with Crippen molar-refractivity contribution in [3.05, 3.63) is 59.4 Å². The van der Waals surface area contributed by atoms with Gasteiger partial charge in [-0.15, -0.1) is 0 Å². The molecular weight excluding hydrogens is 298 g/mol. The topological polar surface area (TPSA) is 54.7 Å². The number of nitrogens with one attached hydrogen (secondary N) is 1. The number of aromatic amines is 1.